The van der Waals surface area contributed by atoms with Gasteiger partial charge in [-0.3, -0.25) is 4.79 Å². The Morgan fingerprint density at radius 2 is 1.74 bits per heavy atom. The summed E-state index contributed by atoms with van der Waals surface area (Å²) in [4.78, 5) is 27.6. The lowest BCUT2D eigenvalue weighted by molar-refractivity contribution is 0.0525. The molecule has 0 saturated carbocycles. The number of ketones is 1. The molecule has 7 heteroatoms. The Morgan fingerprint density at radius 1 is 1.15 bits per heavy atom. The highest BCUT2D eigenvalue weighted by atomic mass is 16.5. The van der Waals surface area contributed by atoms with Gasteiger partial charge in [0.1, 0.15) is 0 Å². The highest BCUT2D eigenvalue weighted by Crippen LogP contribution is 2.37. The number of phenolic OH excluding ortho intramolecular Hbond substituents is 1. The molecule has 0 unspecified atom stereocenters. The van der Waals surface area contributed by atoms with Crippen LogP contribution in [0.4, 0.5) is 0 Å². The first-order valence-corrected chi connectivity index (χ1v) is 8.37. The quantitative estimate of drug-likeness (QED) is 0.438. The topological polar surface area (TPSA) is 97.9 Å². The number of phenols is 1. The van der Waals surface area contributed by atoms with Gasteiger partial charge in [0.2, 0.25) is 11.5 Å². The van der Waals surface area contributed by atoms with Gasteiger partial charge in [-0.2, -0.15) is 0 Å². The largest absolute Gasteiger partial charge is 0.502 e. The van der Waals surface area contributed by atoms with E-state index in [4.69, 9.17) is 14.2 Å². The van der Waals surface area contributed by atoms with E-state index in [1.54, 1.807) is 39.0 Å². The summed E-state index contributed by atoms with van der Waals surface area (Å²) in [7, 11) is 2.85. The van der Waals surface area contributed by atoms with Crippen molar-refractivity contribution in [1.82, 2.24) is 4.98 Å². The third-order valence-corrected chi connectivity index (χ3v) is 4.09. The van der Waals surface area contributed by atoms with Gasteiger partial charge in [0.25, 0.3) is 0 Å². The number of nitrogens with one attached hydrogen (secondary N) is 1. The molecule has 2 rings (SSSR count). The zero-order valence-electron chi connectivity index (χ0n) is 16.0. The molecular weight excluding hydrogens is 350 g/mol. The van der Waals surface area contributed by atoms with Crippen molar-refractivity contribution in [3.8, 4) is 17.2 Å². The third kappa shape index (κ3) is 4.13. The lowest BCUT2D eigenvalue weighted by Crippen LogP contribution is -2.07. The molecule has 7 nitrogen and oxygen atoms in total. The maximum atomic E-state index is 12.6. The molecule has 2 aromatic rings. The molecular formula is C20H23NO6. The van der Waals surface area contributed by atoms with E-state index in [0.717, 1.165) is 0 Å². The maximum absolute atomic E-state index is 12.6. The summed E-state index contributed by atoms with van der Waals surface area (Å²) in [6.07, 6.45) is 2.95. The van der Waals surface area contributed by atoms with Crippen molar-refractivity contribution in [3.63, 3.8) is 0 Å². The number of allylic oxidation sites excluding steroid dienone is 1. The number of aromatic amines is 1. The minimum Gasteiger partial charge on any atom is -0.502 e. The number of hydrogen-bond donors (Lipinski definition) is 2. The first kappa shape index (κ1) is 20.1. The number of rotatable bonds is 7. The average molecular weight is 373 g/mol. The fraction of sp³-hybridized carbons (Fsp3) is 0.300. The van der Waals surface area contributed by atoms with Gasteiger partial charge in [-0.1, -0.05) is 6.08 Å². The van der Waals surface area contributed by atoms with Crippen molar-refractivity contribution in [2.45, 2.75) is 20.8 Å². The van der Waals surface area contributed by atoms with Crippen molar-refractivity contribution in [2.24, 2.45) is 0 Å². The Bertz CT molecular complexity index is 869. The van der Waals surface area contributed by atoms with E-state index < -0.39 is 5.97 Å². The fourth-order valence-corrected chi connectivity index (χ4v) is 2.77. The van der Waals surface area contributed by atoms with Crippen LogP contribution >= 0.6 is 0 Å². The predicted octanol–water partition coefficient (Wildman–Crippen LogP) is 3.43. The Hall–Kier alpha value is -3.22. The lowest BCUT2D eigenvalue weighted by Gasteiger charge is -2.09. The second-order valence-electron chi connectivity index (χ2n) is 5.82. The van der Waals surface area contributed by atoms with Crippen LogP contribution in [0.25, 0.3) is 6.08 Å². The van der Waals surface area contributed by atoms with Crippen molar-refractivity contribution < 1.29 is 28.9 Å². The number of benzene rings is 1. The van der Waals surface area contributed by atoms with E-state index in [0.29, 0.717) is 28.1 Å². The van der Waals surface area contributed by atoms with Gasteiger partial charge in [0.05, 0.1) is 32.1 Å². The highest BCUT2D eigenvalue weighted by Gasteiger charge is 2.21. The second kappa shape index (κ2) is 8.44. The lowest BCUT2D eigenvalue weighted by atomic mass is 10.1. The van der Waals surface area contributed by atoms with Gasteiger partial charge in [-0.05, 0) is 50.1 Å². The number of hydrogen-bond acceptors (Lipinski definition) is 6. The monoisotopic (exact) mass is 373 g/mol. The Kier molecular flexibility index (Phi) is 6.28. The third-order valence-electron chi connectivity index (χ3n) is 4.09. The van der Waals surface area contributed by atoms with Gasteiger partial charge in [-0.15, -0.1) is 0 Å². The molecule has 0 aliphatic rings. The van der Waals surface area contributed by atoms with Crippen LogP contribution in [0.5, 0.6) is 17.2 Å². The molecule has 0 atom stereocenters. The van der Waals surface area contributed by atoms with E-state index in [1.165, 1.54) is 20.3 Å². The molecule has 0 spiro atoms. The number of aryl methyl sites for hydroxylation is 1. The van der Waals surface area contributed by atoms with Crippen LogP contribution in [0.15, 0.2) is 18.2 Å². The molecule has 0 bridgehead atoms. The minimum absolute atomic E-state index is 0.113. The van der Waals surface area contributed by atoms with E-state index in [9.17, 15) is 14.7 Å². The summed E-state index contributed by atoms with van der Waals surface area (Å²) < 4.78 is 15.2. The molecule has 0 amide bonds. The van der Waals surface area contributed by atoms with Crippen LogP contribution in [-0.2, 0) is 4.74 Å². The first-order chi connectivity index (χ1) is 12.8. The zero-order chi connectivity index (χ0) is 20.1. The van der Waals surface area contributed by atoms with Crippen LogP contribution in [0.3, 0.4) is 0 Å². The van der Waals surface area contributed by atoms with E-state index >= 15 is 0 Å². The summed E-state index contributed by atoms with van der Waals surface area (Å²) in [5.74, 6) is -0.397. The molecule has 27 heavy (non-hydrogen) atoms. The van der Waals surface area contributed by atoms with Crippen LogP contribution in [0.1, 0.15) is 44.6 Å². The number of aromatic nitrogens is 1. The summed E-state index contributed by atoms with van der Waals surface area (Å²) in [6, 6.07) is 3.16. The SMILES string of the molecule is CCOC(=O)c1c(C)[nH]c(C(=O)/C=C/c2cc(OC)c(O)c(OC)c2)c1C. The number of aromatic hydroxyl groups is 1. The van der Waals surface area contributed by atoms with E-state index in [-0.39, 0.29) is 29.6 Å². The number of methoxy groups -OCH3 is 2. The standard InChI is InChI=1S/C20H23NO6/c1-6-27-20(24)17-11(2)18(21-12(17)3)14(22)8-7-13-9-15(25-4)19(23)16(10-13)26-5/h7-10,21,23H,6H2,1-5H3/b8-7+. The molecule has 0 aliphatic carbocycles. The molecule has 0 radical (unpaired) electrons. The summed E-state index contributed by atoms with van der Waals surface area (Å²) >= 11 is 0. The average Bonchev–Trinajstić information content (AvgIpc) is 2.95. The Labute approximate surface area is 157 Å². The molecule has 1 aromatic carbocycles. The fourth-order valence-electron chi connectivity index (χ4n) is 2.77. The smallest absolute Gasteiger partial charge is 0.340 e. The second-order valence-corrected chi connectivity index (χ2v) is 5.82. The minimum atomic E-state index is -0.459. The summed E-state index contributed by atoms with van der Waals surface area (Å²) in [5, 5.41) is 9.94. The Balaban J connectivity index is 2.33. The van der Waals surface area contributed by atoms with Crippen LogP contribution in [0, 0.1) is 13.8 Å². The summed E-state index contributed by atoms with van der Waals surface area (Å²) in [5.41, 5.74) is 2.43. The van der Waals surface area contributed by atoms with E-state index in [2.05, 4.69) is 4.98 Å². The molecule has 0 fully saturated rings. The van der Waals surface area contributed by atoms with Gasteiger partial charge in [0.15, 0.2) is 11.5 Å². The van der Waals surface area contributed by atoms with Gasteiger partial charge < -0.3 is 24.3 Å². The molecule has 2 N–H and O–H groups in total. The predicted molar refractivity (Wildman–Crippen MR) is 101 cm³/mol. The van der Waals surface area contributed by atoms with Crippen molar-refractivity contribution in [1.29, 1.82) is 0 Å². The molecule has 144 valence electrons. The molecule has 1 aromatic heterocycles. The van der Waals surface area contributed by atoms with E-state index in [1.807, 2.05) is 0 Å². The van der Waals surface area contributed by atoms with Crippen molar-refractivity contribution in [2.75, 3.05) is 20.8 Å². The molecule has 1 heterocycles. The van der Waals surface area contributed by atoms with Crippen LogP contribution in [0.2, 0.25) is 0 Å². The zero-order valence-corrected chi connectivity index (χ0v) is 16.0. The number of carbonyl (C=O) groups excluding carboxylic acids is 2. The van der Waals surface area contributed by atoms with Gasteiger partial charge >= 0.3 is 5.97 Å². The van der Waals surface area contributed by atoms with Gasteiger partial charge in [0, 0.05) is 5.69 Å². The molecule has 0 saturated heterocycles. The maximum Gasteiger partial charge on any atom is 0.340 e. The number of ether oxygens (including phenoxy) is 3. The number of carbonyl (C=O) groups is 2. The van der Waals surface area contributed by atoms with Crippen molar-refractivity contribution in [3.05, 3.63) is 46.3 Å². The number of H-pyrrole nitrogens is 1. The normalized spacial score (nSPS) is 10.9. The van der Waals surface area contributed by atoms with Crippen LogP contribution in [-0.4, -0.2) is 42.7 Å². The van der Waals surface area contributed by atoms with Crippen molar-refractivity contribution >= 4 is 17.8 Å². The summed E-state index contributed by atoms with van der Waals surface area (Å²) in [6.45, 7) is 5.40. The molecule has 0 aliphatic heterocycles. The number of esters is 1. The van der Waals surface area contributed by atoms with Crippen LogP contribution < -0.4 is 9.47 Å². The Morgan fingerprint density at radius 3 is 2.26 bits per heavy atom. The highest BCUT2D eigenvalue weighted by molar-refractivity contribution is 6.08. The van der Waals surface area contributed by atoms with Gasteiger partial charge in [-0.25, -0.2) is 4.79 Å². The first-order valence-electron chi connectivity index (χ1n) is 8.37.